The summed E-state index contributed by atoms with van der Waals surface area (Å²) in [6.07, 6.45) is -0.782. The summed E-state index contributed by atoms with van der Waals surface area (Å²) < 4.78 is 5.24. The Morgan fingerprint density at radius 2 is 2.12 bits per heavy atom. The average Bonchev–Trinajstić information content (AvgIpc) is 3.06. The second-order valence-corrected chi connectivity index (χ2v) is 6.85. The van der Waals surface area contributed by atoms with E-state index in [1.807, 2.05) is 0 Å². The number of amides is 2. The molecule has 1 aliphatic rings. The van der Waals surface area contributed by atoms with Crippen LogP contribution in [0.25, 0.3) is 10.6 Å². The molecular formula is C15H13Cl2N3O3S. The third-order valence-electron chi connectivity index (χ3n) is 3.56. The lowest BCUT2D eigenvalue weighted by molar-refractivity contribution is -0.133. The molecule has 2 aromatic rings. The van der Waals surface area contributed by atoms with E-state index in [4.69, 9.17) is 33.7 Å². The minimum Gasteiger partial charge on any atom is -0.367 e. The van der Waals surface area contributed by atoms with Gasteiger partial charge in [0.25, 0.3) is 5.91 Å². The fourth-order valence-electron chi connectivity index (χ4n) is 2.30. The van der Waals surface area contributed by atoms with E-state index in [9.17, 15) is 9.59 Å². The molecule has 0 saturated carbocycles. The Bertz CT molecular complexity index is 796. The average molecular weight is 386 g/mol. The van der Waals surface area contributed by atoms with E-state index in [2.05, 4.69) is 4.98 Å². The van der Waals surface area contributed by atoms with Gasteiger partial charge in [-0.15, -0.1) is 11.3 Å². The number of nitrogens with zero attached hydrogens (tertiary/aromatic N) is 2. The molecule has 6 nitrogen and oxygen atoms in total. The van der Waals surface area contributed by atoms with Crippen LogP contribution < -0.4 is 5.73 Å². The molecule has 1 atom stereocenters. The molecule has 1 saturated heterocycles. The second kappa shape index (κ2) is 7.06. The number of halogens is 2. The Hall–Kier alpha value is -1.67. The van der Waals surface area contributed by atoms with Crippen molar-refractivity contribution in [2.24, 2.45) is 5.73 Å². The van der Waals surface area contributed by atoms with Gasteiger partial charge in [-0.3, -0.25) is 9.59 Å². The number of hydrogen-bond acceptors (Lipinski definition) is 5. The number of nitrogens with two attached hydrogens (primary N) is 1. The quantitative estimate of drug-likeness (QED) is 0.878. The molecule has 126 valence electrons. The van der Waals surface area contributed by atoms with Gasteiger partial charge in [-0.1, -0.05) is 29.3 Å². The van der Waals surface area contributed by atoms with Crippen molar-refractivity contribution in [3.63, 3.8) is 0 Å². The van der Waals surface area contributed by atoms with Crippen LogP contribution >= 0.6 is 34.5 Å². The zero-order chi connectivity index (χ0) is 17.3. The molecule has 9 heteroatoms. The van der Waals surface area contributed by atoms with Crippen LogP contribution in [0.3, 0.4) is 0 Å². The zero-order valence-electron chi connectivity index (χ0n) is 12.4. The number of rotatable bonds is 3. The predicted molar refractivity (Wildman–Crippen MR) is 92.4 cm³/mol. The van der Waals surface area contributed by atoms with Gasteiger partial charge in [-0.2, -0.15) is 0 Å². The van der Waals surface area contributed by atoms with E-state index >= 15 is 0 Å². The van der Waals surface area contributed by atoms with Crippen LogP contribution in [0, 0.1) is 0 Å². The molecule has 2 heterocycles. The van der Waals surface area contributed by atoms with Crippen molar-refractivity contribution in [2.45, 2.75) is 6.10 Å². The van der Waals surface area contributed by atoms with Crippen molar-refractivity contribution < 1.29 is 14.3 Å². The number of morpholine rings is 1. The number of thiazole rings is 1. The number of aromatic nitrogens is 1. The standard InChI is InChI=1S/C15H13Cl2N3O3S/c16-9-2-1-8(5-10(9)17)14-19-11(7-24-14)15(22)20-3-4-23-12(6-20)13(18)21/h1-2,5,7,12H,3-4,6H2,(H2,18,21). The van der Waals surface area contributed by atoms with Gasteiger partial charge in [0, 0.05) is 17.5 Å². The molecule has 1 aliphatic heterocycles. The molecule has 0 bridgehead atoms. The van der Waals surface area contributed by atoms with Crippen LogP contribution in [0.2, 0.25) is 10.0 Å². The van der Waals surface area contributed by atoms with Crippen LogP contribution in [0.5, 0.6) is 0 Å². The van der Waals surface area contributed by atoms with Crippen molar-refractivity contribution in [1.82, 2.24) is 9.88 Å². The van der Waals surface area contributed by atoms with Crippen LogP contribution in [-0.4, -0.2) is 47.5 Å². The Balaban J connectivity index is 1.78. The summed E-state index contributed by atoms with van der Waals surface area (Å²) in [7, 11) is 0. The van der Waals surface area contributed by atoms with E-state index in [1.165, 1.54) is 16.2 Å². The molecular weight excluding hydrogens is 373 g/mol. The third kappa shape index (κ3) is 3.54. The summed E-state index contributed by atoms with van der Waals surface area (Å²) in [5, 5.41) is 3.22. The maximum absolute atomic E-state index is 12.5. The number of hydrogen-bond donors (Lipinski definition) is 1. The first-order valence-corrected chi connectivity index (χ1v) is 8.70. The lowest BCUT2D eigenvalue weighted by Crippen LogP contribution is -2.50. The molecule has 24 heavy (non-hydrogen) atoms. The summed E-state index contributed by atoms with van der Waals surface area (Å²) in [4.78, 5) is 29.7. The second-order valence-electron chi connectivity index (χ2n) is 5.18. The zero-order valence-corrected chi connectivity index (χ0v) is 14.7. The van der Waals surface area contributed by atoms with E-state index in [0.717, 1.165) is 5.56 Å². The first-order valence-electron chi connectivity index (χ1n) is 7.07. The van der Waals surface area contributed by atoms with Gasteiger partial charge >= 0.3 is 0 Å². The topological polar surface area (TPSA) is 85.5 Å². The Kier molecular flexibility index (Phi) is 5.05. The summed E-state index contributed by atoms with van der Waals surface area (Å²) in [6, 6.07) is 5.18. The molecule has 1 aromatic carbocycles. The Labute approximate surface area is 152 Å². The highest BCUT2D eigenvalue weighted by molar-refractivity contribution is 7.13. The maximum Gasteiger partial charge on any atom is 0.273 e. The molecule has 1 fully saturated rings. The highest BCUT2D eigenvalue weighted by atomic mass is 35.5. The van der Waals surface area contributed by atoms with Gasteiger partial charge in [0.05, 0.1) is 23.2 Å². The van der Waals surface area contributed by atoms with Crippen molar-refractivity contribution in [2.75, 3.05) is 19.7 Å². The van der Waals surface area contributed by atoms with Gasteiger partial charge in [0.2, 0.25) is 5.91 Å². The molecule has 2 amide bonds. The van der Waals surface area contributed by atoms with Crippen LogP contribution in [-0.2, 0) is 9.53 Å². The summed E-state index contributed by atoms with van der Waals surface area (Å²) >= 11 is 13.3. The van der Waals surface area contributed by atoms with Gasteiger partial charge in [0.15, 0.2) is 6.10 Å². The third-order valence-corrected chi connectivity index (χ3v) is 5.19. The molecule has 2 N–H and O–H groups in total. The highest BCUT2D eigenvalue weighted by Gasteiger charge is 2.29. The minimum absolute atomic E-state index is 0.133. The Morgan fingerprint density at radius 1 is 1.33 bits per heavy atom. The monoisotopic (exact) mass is 385 g/mol. The lowest BCUT2D eigenvalue weighted by Gasteiger charge is -2.30. The number of ether oxygens (including phenoxy) is 1. The van der Waals surface area contributed by atoms with E-state index in [0.29, 0.717) is 27.3 Å². The van der Waals surface area contributed by atoms with Crippen molar-refractivity contribution in [1.29, 1.82) is 0 Å². The fourth-order valence-corrected chi connectivity index (χ4v) is 3.39. The van der Waals surface area contributed by atoms with Crippen molar-refractivity contribution >= 4 is 46.4 Å². The van der Waals surface area contributed by atoms with E-state index in [1.54, 1.807) is 23.6 Å². The number of benzene rings is 1. The SMILES string of the molecule is NC(=O)C1CN(C(=O)c2csc(-c3ccc(Cl)c(Cl)c3)n2)CCO1. The smallest absolute Gasteiger partial charge is 0.273 e. The van der Waals surface area contributed by atoms with Crippen LogP contribution in [0.1, 0.15) is 10.5 Å². The summed E-state index contributed by atoms with van der Waals surface area (Å²) in [6.45, 7) is 0.791. The van der Waals surface area contributed by atoms with Gasteiger partial charge in [-0.25, -0.2) is 4.98 Å². The van der Waals surface area contributed by atoms with E-state index < -0.39 is 12.0 Å². The molecule has 0 spiro atoms. The lowest BCUT2D eigenvalue weighted by atomic mass is 10.2. The maximum atomic E-state index is 12.5. The normalized spacial score (nSPS) is 17.8. The number of carbonyl (C=O) groups excluding carboxylic acids is 2. The summed E-state index contributed by atoms with van der Waals surface area (Å²) in [5.41, 5.74) is 6.33. The molecule has 1 aromatic heterocycles. The van der Waals surface area contributed by atoms with Gasteiger partial charge < -0.3 is 15.4 Å². The molecule has 0 radical (unpaired) electrons. The van der Waals surface area contributed by atoms with E-state index in [-0.39, 0.29) is 19.1 Å². The van der Waals surface area contributed by atoms with Crippen LogP contribution in [0.4, 0.5) is 0 Å². The Morgan fingerprint density at radius 3 is 2.83 bits per heavy atom. The number of carbonyl (C=O) groups is 2. The first kappa shape index (κ1) is 17.2. The predicted octanol–water partition coefficient (Wildman–Crippen LogP) is 2.44. The van der Waals surface area contributed by atoms with Crippen LogP contribution in [0.15, 0.2) is 23.6 Å². The van der Waals surface area contributed by atoms with Crippen molar-refractivity contribution in [3.05, 3.63) is 39.3 Å². The number of primary amides is 1. The van der Waals surface area contributed by atoms with Gasteiger partial charge in [-0.05, 0) is 12.1 Å². The molecule has 3 rings (SSSR count). The fraction of sp³-hybridized carbons (Fsp3) is 0.267. The minimum atomic E-state index is -0.782. The largest absolute Gasteiger partial charge is 0.367 e. The summed E-state index contributed by atoms with van der Waals surface area (Å²) in [5.74, 6) is -0.839. The highest BCUT2D eigenvalue weighted by Crippen LogP contribution is 2.30. The first-order chi connectivity index (χ1) is 11.5. The van der Waals surface area contributed by atoms with Gasteiger partial charge in [0.1, 0.15) is 10.7 Å². The molecule has 1 unspecified atom stereocenters. The molecule has 0 aliphatic carbocycles. The van der Waals surface area contributed by atoms with Crippen molar-refractivity contribution in [3.8, 4) is 10.6 Å².